The van der Waals surface area contributed by atoms with Gasteiger partial charge < -0.3 is 5.11 Å². The van der Waals surface area contributed by atoms with E-state index in [0.717, 1.165) is 30.5 Å². The van der Waals surface area contributed by atoms with Gasteiger partial charge in [0.2, 0.25) is 0 Å². The zero-order valence-electron chi connectivity index (χ0n) is 6.29. The third-order valence-electron chi connectivity index (χ3n) is 2.02. The largest absolute Gasteiger partial charge is 0.481 e. The molecule has 1 heterocycles. The number of carboxylic acids is 1. The third kappa shape index (κ3) is 2.59. The van der Waals surface area contributed by atoms with Crippen LogP contribution in [0.4, 0.5) is 0 Å². The molecule has 1 saturated heterocycles. The molecule has 0 amide bonds. The quantitative estimate of drug-likeness (QED) is 0.465. The lowest BCUT2D eigenvalue weighted by Crippen LogP contribution is -2.37. The fourth-order valence-corrected chi connectivity index (χ4v) is 1.99. The van der Waals surface area contributed by atoms with Crippen LogP contribution in [-0.2, 0) is 4.79 Å². The van der Waals surface area contributed by atoms with E-state index in [1.807, 2.05) is 0 Å². The predicted octanol–water partition coefficient (Wildman–Crippen LogP) is 1.18. The van der Waals surface area contributed by atoms with Gasteiger partial charge in [-0.1, -0.05) is 22.6 Å². The Morgan fingerprint density at radius 2 is 2.45 bits per heavy atom. The van der Waals surface area contributed by atoms with Gasteiger partial charge in [0.15, 0.2) is 0 Å². The zero-order valence-corrected chi connectivity index (χ0v) is 8.45. The van der Waals surface area contributed by atoms with Crippen molar-refractivity contribution in [1.29, 1.82) is 0 Å². The molecule has 1 atom stereocenters. The Labute approximate surface area is 79.9 Å². The molecule has 0 aromatic rings. The summed E-state index contributed by atoms with van der Waals surface area (Å²) in [5, 5.41) is 8.72. The maximum atomic E-state index is 10.6. The number of piperidine rings is 1. The third-order valence-corrected chi connectivity index (χ3v) is 2.99. The number of halogens is 1. The molecule has 1 unspecified atom stereocenters. The average Bonchev–Trinajstić information content (AvgIpc) is 2.05. The maximum Gasteiger partial charge on any atom is 0.307 e. The van der Waals surface area contributed by atoms with E-state index in [-0.39, 0.29) is 5.92 Å². The minimum absolute atomic E-state index is 0.126. The monoisotopic (exact) mass is 269 g/mol. The number of likely N-dealkylation sites (tertiary alicyclic amines) is 1. The van der Waals surface area contributed by atoms with Crippen LogP contribution in [0.2, 0.25) is 0 Å². The molecule has 0 aromatic carbocycles. The van der Waals surface area contributed by atoms with Crippen molar-refractivity contribution < 1.29 is 9.90 Å². The molecule has 11 heavy (non-hydrogen) atoms. The molecule has 0 aromatic heterocycles. The van der Waals surface area contributed by atoms with Crippen LogP contribution < -0.4 is 0 Å². The van der Waals surface area contributed by atoms with Gasteiger partial charge in [0.25, 0.3) is 0 Å². The molecule has 1 fully saturated rings. The first-order valence-electron chi connectivity index (χ1n) is 3.75. The summed E-state index contributed by atoms with van der Waals surface area (Å²) in [7, 11) is 0. The lowest BCUT2D eigenvalue weighted by atomic mass is 9.99. The molecule has 1 aliphatic heterocycles. The highest BCUT2D eigenvalue weighted by Gasteiger charge is 2.24. The number of rotatable bonds is 2. The van der Waals surface area contributed by atoms with Gasteiger partial charge in [-0.3, -0.25) is 9.69 Å². The van der Waals surface area contributed by atoms with Crippen LogP contribution in [0.3, 0.4) is 0 Å². The average molecular weight is 269 g/mol. The number of carboxylic acid groups (broad SMARTS) is 1. The fraction of sp³-hybridized carbons (Fsp3) is 0.857. The number of hydrogen-bond donors (Lipinski definition) is 1. The van der Waals surface area contributed by atoms with Gasteiger partial charge in [0.1, 0.15) is 0 Å². The van der Waals surface area contributed by atoms with E-state index in [0.29, 0.717) is 0 Å². The van der Waals surface area contributed by atoms with Gasteiger partial charge in [-0.05, 0) is 19.4 Å². The standard InChI is InChI=1S/C7H12INO2/c8-5-9-3-1-2-6(4-9)7(10)11/h6H,1-5H2,(H,10,11). The van der Waals surface area contributed by atoms with Gasteiger partial charge in [-0.15, -0.1) is 0 Å². The van der Waals surface area contributed by atoms with Crippen LogP contribution >= 0.6 is 22.6 Å². The second kappa shape index (κ2) is 4.25. The highest BCUT2D eigenvalue weighted by molar-refractivity contribution is 14.1. The Morgan fingerprint density at radius 3 is 3.00 bits per heavy atom. The van der Waals surface area contributed by atoms with Crippen LogP contribution in [0.5, 0.6) is 0 Å². The summed E-state index contributed by atoms with van der Waals surface area (Å²) in [5.74, 6) is -0.766. The molecule has 0 radical (unpaired) electrons. The number of aliphatic carboxylic acids is 1. The van der Waals surface area contributed by atoms with E-state index >= 15 is 0 Å². The molecule has 0 aliphatic carbocycles. The smallest absolute Gasteiger partial charge is 0.307 e. The number of hydrogen-bond acceptors (Lipinski definition) is 2. The SMILES string of the molecule is O=C(O)C1CCCN(CI)C1. The summed E-state index contributed by atoms with van der Waals surface area (Å²) >= 11 is 2.27. The summed E-state index contributed by atoms with van der Waals surface area (Å²) in [5.41, 5.74) is 0. The van der Waals surface area contributed by atoms with Gasteiger partial charge in [-0.2, -0.15) is 0 Å². The van der Waals surface area contributed by atoms with Gasteiger partial charge >= 0.3 is 5.97 Å². The molecule has 0 bridgehead atoms. The van der Waals surface area contributed by atoms with E-state index in [4.69, 9.17) is 5.11 Å². The first-order chi connectivity index (χ1) is 5.24. The van der Waals surface area contributed by atoms with Crippen LogP contribution in [-0.4, -0.2) is 33.6 Å². The van der Waals surface area contributed by atoms with Crippen molar-refractivity contribution in [2.75, 3.05) is 17.6 Å². The lowest BCUT2D eigenvalue weighted by molar-refractivity contribution is -0.143. The molecule has 3 nitrogen and oxygen atoms in total. The van der Waals surface area contributed by atoms with Gasteiger partial charge in [0.05, 0.1) is 10.5 Å². The van der Waals surface area contributed by atoms with E-state index < -0.39 is 5.97 Å². The second-order valence-electron chi connectivity index (χ2n) is 2.87. The highest BCUT2D eigenvalue weighted by atomic mass is 127. The minimum Gasteiger partial charge on any atom is -0.481 e. The molecule has 1 aliphatic rings. The summed E-state index contributed by atoms with van der Waals surface area (Å²) in [4.78, 5) is 12.8. The zero-order chi connectivity index (χ0) is 8.27. The summed E-state index contributed by atoms with van der Waals surface area (Å²) in [6.07, 6.45) is 1.88. The molecule has 1 rings (SSSR count). The Balaban J connectivity index is 2.39. The van der Waals surface area contributed by atoms with Crippen molar-refractivity contribution in [3.63, 3.8) is 0 Å². The highest BCUT2D eigenvalue weighted by Crippen LogP contribution is 2.16. The lowest BCUT2D eigenvalue weighted by Gasteiger charge is -2.28. The fourth-order valence-electron chi connectivity index (χ4n) is 1.37. The molecule has 4 heteroatoms. The molecular weight excluding hydrogens is 257 g/mol. The summed E-state index contributed by atoms with van der Waals surface area (Å²) < 4.78 is 0.946. The van der Waals surface area contributed by atoms with Crippen molar-refractivity contribution >= 4 is 28.6 Å². The Morgan fingerprint density at radius 1 is 1.73 bits per heavy atom. The number of carbonyl (C=O) groups is 1. The van der Waals surface area contributed by atoms with Crippen molar-refractivity contribution in [3.8, 4) is 0 Å². The normalized spacial score (nSPS) is 26.8. The van der Waals surface area contributed by atoms with Gasteiger partial charge in [-0.25, -0.2) is 0 Å². The van der Waals surface area contributed by atoms with Crippen molar-refractivity contribution in [2.45, 2.75) is 12.8 Å². The number of nitrogens with zero attached hydrogens (tertiary/aromatic N) is 1. The Kier molecular flexibility index (Phi) is 3.58. The van der Waals surface area contributed by atoms with E-state index in [2.05, 4.69) is 27.5 Å². The van der Waals surface area contributed by atoms with E-state index in [1.165, 1.54) is 0 Å². The van der Waals surface area contributed by atoms with Crippen molar-refractivity contribution in [1.82, 2.24) is 4.90 Å². The second-order valence-corrected chi connectivity index (χ2v) is 3.56. The minimum atomic E-state index is -0.639. The van der Waals surface area contributed by atoms with Crippen LogP contribution in [0.15, 0.2) is 0 Å². The van der Waals surface area contributed by atoms with Crippen LogP contribution in [0.1, 0.15) is 12.8 Å². The van der Waals surface area contributed by atoms with Gasteiger partial charge in [0, 0.05) is 6.54 Å². The molecule has 0 spiro atoms. The van der Waals surface area contributed by atoms with E-state index in [9.17, 15) is 4.79 Å². The molecule has 0 saturated carbocycles. The van der Waals surface area contributed by atoms with Crippen molar-refractivity contribution in [2.24, 2.45) is 5.92 Å². The number of alkyl halides is 1. The first kappa shape index (κ1) is 9.25. The molecule has 64 valence electrons. The molecular formula is C7H12INO2. The Hall–Kier alpha value is 0.160. The van der Waals surface area contributed by atoms with E-state index in [1.54, 1.807) is 0 Å². The molecule has 1 N–H and O–H groups in total. The van der Waals surface area contributed by atoms with Crippen LogP contribution in [0, 0.1) is 5.92 Å². The van der Waals surface area contributed by atoms with Crippen molar-refractivity contribution in [3.05, 3.63) is 0 Å². The topological polar surface area (TPSA) is 40.5 Å². The Bertz CT molecular complexity index is 151. The van der Waals surface area contributed by atoms with Crippen LogP contribution in [0.25, 0.3) is 0 Å². The summed E-state index contributed by atoms with van der Waals surface area (Å²) in [6, 6.07) is 0. The first-order valence-corrected chi connectivity index (χ1v) is 5.27. The maximum absolute atomic E-state index is 10.6. The summed E-state index contributed by atoms with van der Waals surface area (Å²) in [6.45, 7) is 1.80. The predicted molar refractivity (Wildman–Crippen MR) is 50.8 cm³/mol.